The Kier molecular flexibility index (Phi) is 5.54. The van der Waals surface area contributed by atoms with Gasteiger partial charge in [0, 0.05) is 0 Å². The van der Waals surface area contributed by atoms with Crippen molar-refractivity contribution in [3.05, 3.63) is 89.2 Å². The molecule has 1 unspecified atom stereocenters. The van der Waals surface area contributed by atoms with Crippen LogP contribution in [0.15, 0.2) is 78.9 Å². The van der Waals surface area contributed by atoms with Gasteiger partial charge in [-0.1, -0.05) is 87.5 Å². The normalized spacial score (nSPS) is 13.1. The molecule has 5 heteroatoms. The maximum Gasteiger partial charge on any atom is 0.283 e. The van der Waals surface area contributed by atoms with Crippen molar-refractivity contribution in [2.45, 2.75) is 26.9 Å². The van der Waals surface area contributed by atoms with Crippen molar-refractivity contribution in [2.24, 2.45) is 5.41 Å². The van der Waals surface area contributed by atoms with E-state index in [0.717, 1.165) is 16.6 Å². The largest absolute Gasteiger partial charge is 0.400 e. The van der Waals surface area contributed by atoms with Gasteiger partial charge >= 0.3 is 0 Å². The van der Waals surface area contributed by atoms with Crippen LogP contribution in [0.4, 0.5) is 0 Å². The Labute approximate surface area is 178 Å². The number of benzene rings is 3. The summed E-state index contributed by atoms with van der Waals surface area (Å²) in [5, 5.41) is 2.50. The van der Waals surface area contributed by atoms with E-state index in [1.807, 2.05) is 0 Å². The quantitative estimate of drug-likeness (QED) is 0.349. The van der Waals surface area contributed by atoms with Crippen molar-refractivity contribution < 1.29 is 4.43 Å². The second kappa shape index (κ2) is 8.11. The highest BCUT2D eigenvalue weighted by Gasteiger charge is 2.32. The summed E-state index contributed by atoms with van der Waals surface area (Å²) in [6.45, 7) is 6.70. The molecule has 4 rings (SSSR count). The summed E-state index contributed by atoms with van der Waals surface area (Å²) in [6, 6.07) is 27.5. The van der Waals surface area contributed by atoms with Gasteiger partial charge < -0.3 is 14.4 Å². The van der Waals surface area contributed by atoms with E-state index >= 15 is 0 Å². The zero-order chi connectivity index (χ0) is 20.4. The average molecular weight is 418 g/mol. The maximum absolute atomic E-state index is 6.98. The Morgan fingerprint density at radius 1 is 0.793 bits per heavy atom. The first-order valence-electron chi connectivity index (χ1n) is 9.78. The number of imidazole rings is 1. The predicted molar refractivity (Wildman–Crippen MR) is 125 cm³/mol. The lowest BCUT2D eigenvalue weighted by Crippen LogP contribution is -2.47. The van der Waals surface area contributed by atoms with Gasteiger partial charge in [0.05, 0.1) is 17.1 Å². The van der Waals surface area contributed by atoms with Crippen molar-refractivity contribution in [2.75, 3.05) is 0 Å². The number of hydrogen-bond donors (Lipinski definition) is 2. The summed E-state index contributed by atoms with van der Waals surface area (Å²) < 4.78 is 7.62. The number of H-pyrrole nitrogens is 2. The monoisotopic (exact) mass is 417 g/mol. The Morgan fingerprint density at radius 3 is 1.90 bits per heavy atom. The SMILES string of the molecule is CC(C)(C)C(O[Si](c1ccccc1)c1ccccc1)c1ccc2[nH]c(=S)[nH]c2c1. The van der Waals surface area contributed by atoms with E-state index in [1.54, 1.807) is 0 Å². The standard InChI is InChI=1S/C24H25N2OSSi/c1-24(2,3)22(17-14-15-20-21(16-17)26-23(28)25-20)27-29(18-10-6-4-7-11-18)19-12-8-5-9-13-19/h4-16,22H,1-3H3,(H2,25,26,28). The highest BCUT2D eigenvalue weighted by atomic mass is 32.1. The van der Waals surface area contributed by atoms with E-state index in [1.165, 1.54) is 10.4 Å². The van der Waals surface area contributed by atoms with E-state index in [-0.39, 0.29) is 11.5 Å². The number of hydrogen-bond acceptors (Lipinski definition) is 2. The van der Waals surface area contributed by atoms with E-state index in [9.17, 15) is 0 Å². The first-order chi connectivity index (χ1) is 13.9. The van der Waals surface area contributed by atoms with Crippen LogP contribution in [-0.4, -0.2) is 19.0 Å². The first-order valence-corrected chi connectivity index (χ1v) is 11.6. The molecule has 29 heavy (non-hydrogen) atoms. The molecule has 0 aliphatic carbocycles. The molecule has 0 spiro atoms. The van der Waals surface area contributed by atoms with Crippen LogP contribution >= 0.6 is 12.2 Å². The minimum absolute atomic E-state index is 0.0573. The molecule has 147 valence electrons. The van der Waals surface area contributed by atoms with E-state index in [4.69, 9.17) is 16.6 Å². The lowest BCUT2D eigenvalue weighted by atomic mass is 9.85. The van der Waals surface area contributed by atoms with Gasteiger partial charge in [0.2, 0.25) is 0 Å². The molecular formula is C24H25N2OSSi. The molecule has 0 aliphatic rings. The van der Waals surface area contributed by atoms with Gasteiger partial charge in [-0.25, -0.2) is 0 Å². The minimum Gasteiger partial charge on any atom is -0.400 e. The van der Waals surface area contributed by atoms with Crippen LogP contribution in [0.1, 0.15) is 32.4 Å². The molecule has 1 atom stereocenters. The van der Waals surface area contributed by atoms with Crippen LogP contribution in [0.3, 0.4) is 0 Å². The van der Waals surface area contributed by atoms with Crippen molar-refractivity contribution in [3.63, 3.8) is 0 Å². The van der Waals surface area contributed by atoms with Gasteiger partial charge in [-0.05, 0) is 45.7 Å². The van der Waals surface area contributed by atoms with Gasteiger partial charge in [-0.15, -0.1) is 0 Å². The third-order valence-electron chi connectivity index (χ3n) is 4.94. The third kappa shape index (κ3) is 4.42. The number of fused-ring (bicyclic) bond motifs is 1. The van der Waals surface area contributed by atoms with Gasteiger partial charge in [0.15, 0.2) is 4.77 Å². The summed E-state index contributed by atoms with van der Waals surface area (Å²) in [5.41, 5.74) is 3.12. The molecule has 1 radical (unpaired) electrons. The molecule has 0 saturated heterocycles. The zero-order valence-corrected chi connectivity index (χ0v) is 18.7. The van der Waals surface area contributed by atoms with Gasteiger partial charge in [0.1, 0.15) is 0 Å². The van der Waals surface area contributed by atoms with Gasteiger partial charge in [0.25, 0.3) is 9.04 Å². The fraction of sp³-hybridized carbons (Fsp3) is 0.208. The molecule has 1 aromatic heterocycles. The highest BCUT2D eigenvalue weighted by molar-refractivity contribution is 7.71. The van der Waals surface area contributed by atoms with Gasteiger partial charge in [-0.2, -0.15) is 0 Å². The zero-order valence-electron chi connectivity index (χ0n) is 16.9. The number of aromatic nitrogens is 2. The van der Waals surface area contributed by atoms with Crippen LogP contribution in [0.2, 0.25) is 0 Å². The molecule has 3 nitrogen and oxygen atoms in total. The van der Waals surface area contributed by atoms with Gasteiger partial charge in [-0.3, -0.25) is 0 Å². The fourth-order valence-electron chi connectivity index (χ4n) is 3.56. The average Bonchev–Trinajstić information content (AvgIpc) is 3.08. The summed E-state index contributed by atoms with van der Waals surface area (Å²) >= 11 is 5.26. The minimum atomic E-state index is -1.41. The smallest absolute Gasteiger partial charge is 0.283 e. The lowest BCUT2D eigenvalue weighted by Gasteiger charge is -2.34. The number of aromatic amines is 2. The Morgan fingerprint density at radius 2 is 1.34 bits per heavy atom. The number of nitrogens with one attached hydrogen (secondary N) is 2. The van der Waals surface area contributed by atoms with Crippen LogP contribution in [0.25, 0.3) is 11.0 Å². The lowest BCUT2D eigenvalue weighted by molar-refractivity contribution is 0.0898. The molecule has 0 aliphatic heterocycles. The van der Waals surface area contributed by atoms with Crippen LogP contribution < -0.4 is 10.4 Å². The van der Waals surface area contributed by atoms with E-state index < -0.39 is 9.04 Å². The predicted octanol–water partition coefficient (Wildman–Crippen LogP) is 5.14. The van der Waals surface area contributed by atoms with Crippen LogP contribution in [0, 0.1) is 10.2 Å². The summed E-state index contributed by atoms with van der Waals surface area (Å²) in [6.07, 6.45) is -0.0573. The Hall–Kier alpha value is -2.47. The molecule has 0 fully saturated rings. The molecule has 4 aromatic rings. The van der Waals surface area contributed by atoms with Crippen LogP contribution in [0.5, 0.6) is 0 Å². The van der Waals surface area contributed by atoms with Crippen molar-refractivity contribution in [3.8, 4) is 0 Å². The molecule has 0 amide bonds. The molecule has 2 N–H and O–H groups in total. The Balaban J connectivity index is 1.78. The molecule has 0 saturated carbocycles. The molecule has 1 heterocycles. The highest BCUT2D eigenvalue weighted by Crippen LogP contribution is 2.37. The van der Waals surface area contributed by atoms with Crippen molar-refractivity contribution in [1.29, 1.82) is 0 Å². The topological polar surface area (TPSA) is 40.8 Å². The van der Waals surface area contributed by atoms with Crippen molar-refractivity contribution >= 4 is 42.7 Å². The molecule has 0 bridgehead atoms. The van der Waals surface area contributed by atoms with Crippen LogP contribution in [-0.2, 0) is 4.43 Å². The molecular weight excluding hydrogens is 392 g/mol. The van der Waals surface area contributed by atoms with E-state index in [0.29, 0.717) is 4.77 Å². The van der Waals surface area contributed by atoms with E-state index in [2.05, 4.69) is 110 Å². The summed E-state index contributed by atoms with van der Waals surface area (Å²) in [7, 11) is -1.41. The fourth-order valence-corrected chi connectivity index (χ4v) is 6.10. The summed E-state index contributed by atoms with van der Waals surface area (Å²) in [4.78, 5) is 6.41. The second-order valence-corrected chi connectivity index (χ2v) is 10.8. The Bertz CT molecular complexity index is 1110. The third-order valence-corrected chi connectivity index (χ3v) is 7.33. The molecule has 3 aromatic carbocycles. The second-order valence-electron chi connectivity index (χ2n) is 8.31. The van der Waals surface area contributed by atoms with Crippen molar-refractivity contribution in [1.82, 2.24) is 9.97 Å². The summed E-state index contributed by atoms with van der Waals surface area (Å²) in [5.74, 6) is 0. The first kappa shape index (κ1) is 19.8. The number of rotatable bonds is 5. The maximum atomic E-state index is 6.98.